The van der Waals surface area contributed by atoms with Gasteiger partial charge < -0.3 is 9.47 Å². The normalized spacial score (nSPS) is 12.5. The highest BCUT2D eigenvalue weighted by Gasteiger charge is 2.32. The highest BCUT2D eigenvalue weighted by molar-refractivity contribution is 5.92. The molecular formula is C30H42O4. The molecule has 2 aromatic rings. The van der Waals surface area contributed by atoms with Crippen molar-refractivity contribution in [3.8, 4) is 5.75 Å². The Morgan fingerprint density at radius 3 is 2.18 bits per heavy atom. The fourth-order valence-electron chi connectivity index (χ4n) is 4.10. The van der Waals surface area contributed by atoms with Crippen molar-refractivity contribution in [2.75, 3.05) is 6.61 Å². The van der Waals surface area contributed by atoms with Crippen molar-refractivity contribution in [1.29, 1.82) is 0 Å². The molecule has 0 aliphatic heterocycles. The minimum Gasteiger partial charge on any atom is -0.466 e. The number of rotatable bonds is 11. The molecule has 0 aliphatic carbocycles. The summed E-state index contributed by atoms with van der Waals surface area (Å²) in [6.45, 7) is 16.7. The number of esters is 2. The molecule has 4 heteroatoms. The van der Waals surface area contributed by atoms with Gasteiger partial charge in [0.2, 0.25) is 0 Å². The van der Waals surface area contributed by atoms with Gasteiger partial charge in [-0.15, -0.1) is 0 Å². The van der Waals surface area contributed by atoms with Gasteiger partial charge in [-0.05, 0) is 73.3 Å². The topological polar surface area (TPSA) is 52.6 Å². The van der Waals surface area contributed by atoms with E-state index >= 15 is 0 Å². The Morgan fingerprint density at radius 2 is 1.65 bits per heavy atom. The number of unbranched alkanes of at least 4 members (excludes halogenated alkanes) is 1. The summed E-state index contributed by atoms with van der Waals surface area (Å²) < 4.78 is 11.4. The van der Waals surface area contributed by atoms with Gasteiger partial charge in [0.1, 0.15) is 5.75 Å². The largest absolute Gasteiger partial charge is 0.466 e. The van der Waals surface area contributed by atoms with E-state index in [4.69, 9.17) is 9.47 Å². The first kappa shape index (κ1) is 27.6. The first-order valence-electron chi connectivity index (χ1n) is 12.7. The highest BCUT2D eigenvalue weighted by Crippen LogP contribution is 2.40. The maximum absolute atomic E-state index is 13.1. The molecule has 0 radical (unpaired) electrons. The minimum atomic E-state index is -0.523. The van der Waals surface area contributed by atoms with E-state index in [-0.39, 0.29) is 17.3 Å². The first-order chi connectivity index (χ1) is 16.0. The Kier molecular flexibility index (Phi) is 9.90. The van der Waals surface area contributed by atoms with Gasteiger partial charge in [0.05, 0.1) is 18.1 Å². The lowest BCUT2D eigenvalue weighted by atomic mass is 9.78. The van der Waals surface area contributed by atoms with Crippen LogP contribution in [0.2, 0.25) is 0 Å². The number of benzene rings is 2. The molecule has 0 N–H and O–H groups in total. The summed E-state index contributed by atoms with van der Waals surface area (Å²) >= 11 is 0. The van der Waals surface area contributed by atoms with E-state index in [1.807, 2.05) is 58.0 Å². The molecule has 2 rings (SSSR count). The molecule has 1 unspecified atom stereocenters. The van der Waals surface area contributed by atoms with Crippen molar-refractivity contribution in [1.82, 2.24) is 0 Å². The molecule has 0 spiro atoms. The molecule has 1 atom stereocenters. The summed E-state index contributed by atoms with van der Waals surface area (Å²) in [6.07, 6.45) is 4.20. The van der Waals surface area contributed by atoms with Crippen LogP contribution in [0, 0.1) is 12.8 Å². The molecular weight excluding hydrogens is 424 g/mol. The second kappa shape index (κ2) is 12.2. The van der Waals surface area contributed by atoms with Crippen molar-refractivity contribution >= 4 is 11.9 Å². The standard InChI is InChI=1S/C30H42O4/c1-9-12-13-22-14-16-23(17-15-22)28(31)34-27-21(6)18-24(30(7,8)10-2)19-25(27)26(20(4)5)29(32)33-11-3/h14-20,26H,9-13H2,1-8H3. The summed E-state index contributed by atoms with van der Waals surface area (Å²) in [5.41, 5.74) is 4.32. The van der Waals surface area contributed by atoms with E-state index < -0.39 is 11.9 Å². The molecule has 34 heavy (non-hydrogen) atoms. The van der Waals surface area contributed by atoms with Crippen LogP contribution in [0.15, 0.2) is 36.4 Å². The van der Waals surface area contributed by atoms with Crippen molar-refractivity contribution in [2.45, 2.75) is 92.4 Å². The fourth-order valence-corrected chi connectivity index (χ4v) is 4.10. The molecule has 0 saturated carbocycles. The molecule has 0 saturated heterocycles. The molecule has 0 amide bonds. The van der Waals surface area contributed by atoms with Crippen molar-refractivity contribution in [3.63, 3.8) is 0 Å². The van der Waals surface area contributed by atoms with Gasteiger partial charge in [0, 0.05) is 5.56 Å². The van der Waals surface area contributed by atoms with Crippen LogP contribution < -0.4 is 4.74 Å². The Labute approximate surface area is 206 Å². The molecule has 0 heterocycles. The van der Waals surface area contributed by atoms with Gasteiger partial charge >= 0.3 is 11.9 Å². The van der Waals surface area contributed by atoms with Crippen LogP contribution in [0.25, 0.3) is 0 Å². The Balaban J connectivity index is 2.53. The van der Waals surface area contributed by atoms with E-state index in [1.165, 1.54) is 5.56 Å². The molecule has 186 valence electrons. The summed E-state index contributed by atoms with van der Waals surface area (Å²) in [6, 6.07) is 11.7. The van der Waals surface area contributed by atoms with Gasteiger partial charge in [-0.1, -0.05) is 72.2 Å². The number of hydrogen-bond acceptors (Lipinski definition) is 4. The van der Waals surface area contributed by atoms with Crippen molar-refractivity contribution in [2.24, 2.45) is 5.92 Å². The number of carbonyl (C=O) groups is 2. The lowest BCUT2D eigenvalue weighted by Crippen LogP contribution is -2.24. The van der Waals surface area contributed by atoms with Gasteiger partial charge in [-0.2, -0.15) is 0 Å². The Hall–Kier alpha value is -2.62. The average molecular weight is 467 g/mol. The zero-order chi connectivity index (χ0) is 25.5. The predicted octanol–water partition coefficient (Wildman–Crippen LogP) is 7.55. The lowest BCUT2D eigenvalue weighted by molar-refractivity contribution is -0.146. The second-order valence-electron chi connectivity index (χ2n) is 10.1. The minimum absolute atomic E-state index is 0.0197. The lowest BCUT2D eigenvalue weighted by Gasteiger charge is -2.29. The zero-order valence-electron chi connectivity index (χ0n) is 22.3. The predicted molar refractivity (Wildman–Crippen MR) is 139 cm³/mol. The summed E-state index contributed by atoms with van der Waals surface area (Å²) in [5.74, 6) is -0.789. The van der Waals surface area contributed by atoms with Crippen LogP contribution in [0.3, 0.4) is 0 Å². The monoisotopic (exact) mass is 466 g/mol. The molecule has 0 bridgehead atoms. The van der Waals surface area contributed by atoms with Crippen LogP contribution in [0.1, 0.15) is 106 Å². The molecule has 0 aliphatic rings. The van der Waals surface area contributed by atoms with Gasteiger partial charge in [0.15, 0.2) is 0 Å². The number of carbonyl (C=O) groups excluding carboxylic acids is 2. The average Bonchev–Trinajstić information content (AvgIpc) is 2.79. The van der Waals surface area contributed by atoms with Crippen LogP contribution in [-0.2, 0) is 21.4 Å². The van der Waals surface area contributed by atoms with E-state index in [9.17, 15) is 9.59 Å². The zero-order valence-corrected chi connectivity index (χ0v) is 22.3. The van der Waals surface area contributed by atoms with Gasteiger partial charge in [0.25, 0.3) is 0 Å². The van der Waals surface area contributed by atoms with Crippen LogP contribution >= 0.6 is 0 Å². The first-order valence-corrected chi connectivity index (χ1v) is 12.7. The number of aryl methyl sites for hydroxylation is 2. The van der Waals surface area contributed by atoms with Crippen molar-refractivity contribution in [3.05, 3.63) is 64.2 Å². The van der Waals surface area contributed by atoms with Crippen LogP contribution in [0.4, 0.5) is 0 Å². The van der Waals surface area contributed by atoms with E-state index in [2.05, 4.69) is 33.8 Å². The van der Waals surface area contributed by atoms with Gasteiger partial charge in [-0.25, -0.2) is 4.79 Å². The van der Waals surface area contributed by atoms with Crippen LogP contribution in [0.5, 0.6) is 5.75 Å². The third-order valence-electron chi connectivity index (χ3n) is 6.71. The second-order valence-corrected chi connectivity index (χ2v) is 10.1. The molecule has 0 fully saturated rings. The Morgan fingerprint density at radius 1 is 1.00 bits per heavy atom. The molecule has 0 aromatic heterocycles. The maximum Gasteiger partial charge on any atom is 0.343 e. The third-order valence-corrected chi connectivity index (χ3v) is 6.71. The molecule has 2 aromatic carbocycles. The summed E-state index contributed by atoms with van der Waals surface area (Å²) in [4.78, 5) is 26.1. The van der Waals surface area contributed by atoms with E-state index in [0.29, 0.717) is 17.9 Å². The van der Waals surface area contributed by atoms with E-state index in [1.54, 1.807) is 0 Å². The SMILES string of the molecule is CCCCc1ccc(C(=O)Oc2c(C)cc(C(C)(C)CC)cc2C(C(=O)OCC)C(C)C)cc1. The van der Waals surface area contributed by atoms with Crippen LogP contribution in [-0.4, -0.2) is 18.5 Å². The summed E-state index contributed by atoms with van der Waals surface area (Å²) in [7, 11) is 0. The molecule has 4 nitrogen and oxygen atoms in total. The quantitative estimate of drug-likeness (QED) is 0.253. The maximum atomic E-state index is 13.1. The third kappa shape index (κ3) is 6.71. The highest BCUT2D eigenvalue weighted by atomic mass is 16.5. The number of hydrogen-bond donors (Lipinski definition) is 0. The smallest absolute Gasteiger partial charge is 0.343 e. The fraction of sp³-hybridized carbons (Fsp3) is 0.533. The Bertz CT molecular complexity index is 970. The summed E-state index contributed by atoms with van der Waals surface area (Å²) in [5, 5.41) is 0. The number of ether oxygens (including phenoxy) is 2. The van der Waals surface area contributed by atoms with Crippen molar-refractivity contribution < 1.29 is 19.1 Å². The van der Waals surface area contributed by atoms with Gasteiger partial charge in [-0.3, -0.25) is 4.79 Å². The van der Waals surface area contributed by atoms with E-state index in [0.717, 1.165) is 42.4 Å².